The summed E-state index contributed by atoms with van der Waals surface area (Å²) in [6, 6.07) is 20.4. The summed E-state index contributed by atoms with van der Waals surface area (Å²) in [6.45, 7) is 4.17. The Morgan fingerprint density at radius 2 is 1.71 bits per heavy atom. The topological polar surface area (TPSA) is 38.5 Å². The Labute approximate surface area is 170 Å². The fourth-order valence-corrected chi connectivity index (χ4v) is 3.74. The van der Waals surface area contributed by atoms with Crippen molar-refractivity contribution in [2.45, 2.75) is 12.8 Å². The number of oxazole rings is 1. The number of para-hydroxylation sites is 2. The summed E-state index contributed by atoms with van der Waals surface area (Å²) in [5, 5.41) is 2.31. The van der Waals surface area contributed by atoms with E-state index in [2.05, 4.69) is 40.2 Å². The van der Waals surface area contributed by atoms with Crippen LogP contribution in [0, 0.1) is 0 Å². The van der Waals surface area contributed by atoms with Crippen LogP contribution in [0.2, 0.25) is 0 Å². The van der Waals surface area contributed by atoms with Crippen LogP contribution in [0.25, 0.3) is 33.3 Å². The van der Waals surface area contributed by atoms with E-state index in [0.29, 0.717) is 5.89 Å². The molecule has 0 atom stereocenters. The molecule has 5 rings (SSSR count). The second-order valence-electron chi connectivity index (χ2n) is 7.11. The quantitative estimate of drug-likeness (QED) is 0.445. The van der Waals surface area contributed by atoms with Crippen molar-refractivity contribution >= 4 is 34.3 Å². The monoisotopic (exact) mass is 394 g/mol. The first kappa shape index (κ1) is 18.8. The molecule has 4 nitrogen and oxygen atoms in total. The molecule has 3 aromatic carbocycles. The lowest BCUT2D eigenvalue weighted by Gasteiger charge is -2.15. The summed E-state index contributed by atoms with van der Waals surface area (Å²) in [4.78, 5) is 7.06. The molecule has 4 aromatic rings. The van der Waals surface area contributed by atoms with Crippen LogP contribution < -0.4 is 4.74 Å². The van der Waals surface area contributed by atoms with Crippen LogP contribution in [0.1, 0.15) is 12.8 Å². The van der Waals surface area contributed by atoms with Crippen LogP contribution in [-0.2, 0) is 0 Å². The van der Waals surface area contributed by atoms with Gasteiger partial charge in [-0.05, 0) is 73.1 Å². The van der Waals surface area contributed by atoms with Gasteiger partial charge in [0, 0.05) is 12.1 Å². The van der Waals surface area contributed by atoms with E-state index in [4.69, 9.17) is 9.15 Å². The molecule has 5 heteroatoms. The Balaban J connectivity index is 0.00000192. The van der Waals surface area contributed by atoms with E-state index in [-0.39, 0.29) is 12.4 Å². The number of benzene rings is 3. The maximum atomic E-state index is 5.96. The number of ether oxygens (including phenoxy) is 1. The van der Waals surface area contributed by atoms with Crippen LogP contribution in [0.15, 0.2) is 65.1 Å². The molecule has 2 heterocycles. The van der Waals surface area contributed by atoms with E-state index in [1.165, 1.54) is 25.9 Å². The first-order valence-electron chi connectivity index (χ1n) is 9.60. The lowest BCUT2D eigenvalue weighted by atomic mass is 10.1. The smallest absolute Gasteiger partial charge is 0.227 e. The first-order chi connectivity index (χ1) is 13.3. The van der Waals surface area contributed by atoms with Crippen LogP contribution in [0.4, 0.5) is 0 Å². The Hall–Kier alpha value is -2.56. The molecule has 0 spiro atoms. The van der Waals surface area contributed by atoms with Gasteiger partial charge in [0.15, 0.2) is 5.58 Å². The maximum Gasteiger partial charge on any atom is 0.227 e. The number of likely N-dealkylation sites (tertiary alicyclic amines) is 1. The van der Waals surface area contributed by atoms with Gasteiger partial charge in [-0.25, -0.2) is 4.98 Å². The summed E-state index contributed by atoms with van der Waals surface area (Å²) in [7, 11) is 0. The molecule has 0 bridgehead atoms. The van der Waals surface area contributed by atoms with Gasteiger partial charge in [-0.3, -0.25) is 4.90 Å². The molecule has 0 saturated carbocycles. The molecule has 0 amide bonds. The van der Waals surface area contributed by atoms with Crippen molar-refractivity contribution in [2.24, 2.45) is 0 Å². The van der Waals surface area contributed by atoms with E-state index in [1.54, 1.807) is 0 Å². The van der Waals surface area contributed by atoms with Crippen LogP contribution in [0.3, 0.4) is 0 Å². The zero-order valence-corrected chi connectivity index (χ0v) is 16.5. The minimum absolute atomic E-state index is 0. The number of nitrogens with zero attached hydrogens (tertiary/aromatic N) is 2. The van der Waals surface area contributed by atoms with Gasteiger partial charge in [-0.15, -0.1) is 12.4 Å². The molecular weight excluding hydrogens is 372 g/mol. The zero-order valence-electron chi connectivity index (χ0n) is 15.6. The molecule has 1 saturated heterocycles. The molecule has 1 aliphatic rings. The molecular formula is C23H23ClN2O2. The van der Waals surface area contributed by atoms with Crippen molar-refractivity contribution in [2.75, 3.05) is 26.2 Å². The molecule has 1 fully saturated rings. The number of aromatic nitrogens is 1. The van der Waals surface area contributed by atoms with E-state index in [0.717, 1.165) is 46.3 Å². The highest BCUT2D eigenvalue weighted by molar-refractivity contribution is 5.88. The van der Waals surface area contributed by atoms with Crippen LogP contribution in [-0.4, -0.2) is 36.1 Å². The highest BCUT2D eigenvalue weighted by Crippen LogP contribution is 2.28. The lowest BCUT2D eigenvalue weighted by molar-refractivity contribution is 0.238. The van der Waals surface area contributed by atoms with Crippen molar-refractivity contribution < 1.29 is 9.15 Å². The Morgan fingerprint density at radius 3 is 2.57 bits per heavy atom. The number of hydrogen-bond donors (Lipinski definition) is 0. The lowest BCUT2D eigenvalue weighted by Crippen LogP contribution is -2.25. The van der Waals surface area contributed by atoms with Crippen molar-refractivity contribution in [3.05, 3.63) is 60.7 Å². The normalized spacial score (nSPS) is 14.4. The highest BCUT2D eigenvalue weighted by Gasteiger charge is 2.11. The van der Waals surface area contributed by atoms with E-state index < -0.39 is 0 Å². The van der Waals surface area contributed by atoms with Crippen molar-refractivity contribution in [3.8, 4) is 17.2 Å². The molecule has 1 aliphatic heterocycles. The first-order valence-corrected chi connectivity index (χ1v) is 9.60. The van der Waals surface area contributed by atoms with E-state index >= 15 is 0 Å². The molecule has 0 unspecified atom stereocenters. The van der Waals surface area contributed by atoms with E-state index in [1.807, 2.05) is 30.3 Å². The van der Waals surface area contributed by atoms with Gasteiger partial charge in [0.1, 0.15) is 17.9 Å². The van der Waals surface area contributed by atoms with Gasteiger partial charge in [0.05, 0.1) is 0 Å². The van der Waals surface area contributed by atoms with Crippen molar-refractivity contribution in [3.63, 3.8) is 0 Å². The van der Waals surface area contributed by atoms with Gasteiger partial charge in [0.2, 0.25) is 5.89 Å². The summed E-state index contributed by atoms with van der Waals surface area (Å²) in [5.41, 5.74) is 2.69. The Morgan fingerprint density at radius 1 is 0.929 bits per heavy atom. The Bertz CT molecular complexity index is 1050. The molecule has 0 N–H and O–H groups in total. The molecule has 0 radical (unpaired) electrons. The van der Waals surface area contributed by atoms with Gasteiger partial charge >= 0.3 is 0 Å². The highest BCUT2D eigenvalue weighted by atomic mass is 35.5. The van der Waals surface area contributed by atoms with Crippen LogP contribution in [0.5, 0.6) is 5.75 Å². The number of rotatable bonds is 5. The fourth-order valence-electron chi connectivity index (χ4n) is 3.74. The SMILES string of the molecule is Cl.c1ccc2oc(-c3ccc4cc(OCCN5CCCC5)ccc4c3)nc2c1. The predicted molar refractivity (Wildman–Crippen MR) is 115 cm³/mol. The molecule has 1 aromatic heterocycles. The van der Waals surface area contributed by atoms with Crippen LogP contribution >= 0.6 is 12.4 Å². The van der Waals surface area contributed by atoms with Gasteiger partial charge in [0.25, 0.3) is 0 Å². The third-order valence-electron chi connectivity index (χ3n) is 5.23. The van der Waals surface area contributed by atoms with Gasteiger partial charge in [-0.2, -0.15) is 0 Å². The third-order valence-corrected chi connectivity index (χ3v) is 5.23. The minimum Gasteiger partial charge on any atom is -0.492 e. The standard InChI is InChI=1S/C23H22N2O2.ClH/c1-2-6-22-21(5-1)24-23(27-22)19-8-7-18-16-20(10-9-17(18)15-19)26-14-13-25-11-3-4-12-25;/h1-2,5-10,15-16H,3-4,11-14H2;1H. The molecule has 144 valence electrons. The Kier molecular flexibility index (Phi) is 5.51. The summed E-state index contributed by atoms with van der Waals surface area (Å²) >= 11 is 0. The van der Waals surface area contributed by atoms with E-state index in [9.17, 15) is 0 Å². The van der Waals surface area contributed by atoms with Crippen molar-refractivity contribution in [1.29, 1.82) is 0 Å². The maximum absolute atomic E-state index is 5.96. The van der Waals surface area contributed by atoms with Crippen molar-refractivity contribution in [1.82, 2.24) is 9.88 Å². The average Bonchev–Trinajstić information content (AvgIpc) is 3.37. The third kappa shape index (κ3) is 3.84. The van der Waals surface area contributed by atoms with Gasteiger partial charge < -0.3 is 9.15 Å². The number of halogens is 1. The summed E-state index contributed by atoms with van der Waals surface area (Å²) in [6.07, 6.45) is 2.64. The predicted octanol–water partition coefficient (Wildman–Crippen LogP) is 5.54. The summed E-state index contributed by atoms with van der Waals surface area (Å²) in [5.74, 6) is 1.58. The molecule has 28 heavy (non-hydrogen) atoms. The number of fused-ring (bicyclic) bond motifs is 2. The van der Waals surface area contributed by atoms with Gasteiger partial charge in [-0.1, -0.05) is 24.3 Å². The molecule has 0 aliphatic carbocycles. The average molecular weight is 395 g/mol. The second kappa shape index (κ2) is 8.21. The summed E-state index contributed by atoms with van der Waals surface area (Å²) < 4.78 is 11.8. The second-order valence-corrected chi connectivity index (χ2v) is 7.11. The zero-order chi connectivity index (χ0) is 18.1. The fraction of sp³-hybridized carbons (Fsp3) is 0.261. The largest absolute Gasteiger partial charge is 0.492 e. The minimum atomic E-state index is 0. The number of hydrogen-bond acceptors (Lipinski definition) is 4.